The molecule has 2 aromatic rings. The summed E-state index contributed by atoms with van der Waals surface area (Å²) in [4.78, 5) is 16.2. The zero-order valence-electron chi connectivity index (χ0n) is 12.4. The van der Waals surface area contributed by atoms with Gasteiger partial charge >= 0.3 is 0 Å². The van der Waals surface area contributed by atoms with E-state index in [1.165, 1.54) is 0 Å². The van der Waals surface area contributed by atoms with Crippen molar-refractivity contribution in [2.45, 2.75) is 25.9 Å². The van der Waals surface area contributed by atoms with Crippen molar-refractivity contribution in [2.75, 3.05) is 11.9 Å². The Morgan fingerprint density at radius 1 is 1.27 bits per heavy atom. The van der Waals surface area contributed by atoms with E-state index in [0.29, 0.717) is 25.3 Å². The van der Waals surface area contributed by atoms with E-state index in [1.807, 2.05) is 43.3 Å². The van der Waals surface area contributed by atoms with E-state index in [-0.39, 0.29) is 12.0 Å². The van der Waals surface area contributed by atoms with Crippen LogP contribution in [0.15, 0.2) is 42.6 Å². The molecule has 0 fully saturated rings. The number of aromatic nitrogens is 1. The van der Waals surface area contributed by atoms with Crippen molar-refractivity contribution in [3.8, 4) is 11.5 Å². The number of benzene rings is 1. The molecular formula is C17H18N2O3. The number of fused-ring (bicyclic) bond motifs is 1. The smallest absolute Gasteiger partial charge is 0.225 e. The number of amides is 1. The van der Waals surface area contributed by atoms with Crippen molar-refractivity contribution < 1.29 is 14.3 Å². The number of hydrogen-bond donors (Lipinski definition) is 1. The summed E-state index contributed by atoms with van der Waals surface area (Å²) < 4.78 is 11.5. The number of para-hydroxylation sites is 2. The van der Waals surface area contributed by atoms with E-state index in [4.69, 9.17) is 9.47 Å². The third kappa shape index (κ3) is 3.36. The Balaban J connectivity index is 1.51. The maximum absolute atomic E-state index is 12.0. The van der Waals surface area contributed by atoms with Gasteiger partial charge in [0, 0.05) is 12.6 Å². The molecule has 0 spiro atoms. The predicted octanol–water partition coefficient (Wildman–Crippen LogP) is 2.95. The maximum atomic E-state index is 12.0. The standard InChI is InChI=1S/C17H18N2O3/c1-12-5-4-10-18-17(12)19-16(20)9-8-13-11-21-14-6-2-3-7-15(14)22-13/h2-7,10,13H,8-9,11H2,1H3,(H,18,19,20)/t13-/m0/s1. The van der Waals surface area contributed by atoms with Gasteiger partial charge in [0.25, 0.3) is 0 Å². The number of carbonyl (C=O) groups excluding carboxylic acids is 1. The van der Waals surface area contributed by atoms with Gasteiger partial charge in [-0.3, -0.25) is 4.79 Å². The number of anilines is 1. The molecule has 1 aliphatic heterocycles. The first-order valence-corrected chi connectivity index (χ1v) is 7.32. The van der Waals surface area contributed by atoms with Gasteiger partial charge in [-0.25, -0.2) is 4.98 Å². The fraction of sp³-hybridized carbons (Fsp3) is 0.294. The lowest BCUT2D eigenvalue weighted by Crippen LogP contribution is -2.30. The Hall–Kier alpha value is -2.56. The Bertz CT molecular complexity index is 672. The summed E-state index contributed by atoms with van der Waals surface area (Å²) in [6.07, 6.45) is 2.53. The lowest BCUT2D eigenvalue weighted by Gasteiger charge is -2.26. The third-order valence-corrected chi connectivity index (χ3v) is 3.53. The summed E-state index contributed by atoms with van der Waals surface area (Å²) in [7, 11) is 0. The number of nitrogens with zero attached hydrogens (tertiary/aromatic N) is 1. The van der Waals surface area contributed by atoms with Crippen molar-refractivity contribution in [3.63, 3.8) is 0 Å². The lowest BCUT2D eigenvalue weighted by molar-refractivity contribution is -0.116. The van der Waals surface area contributed by atoms with Crippen LogP contribution in [-0.4, -0.2) is 23.6 Å². The lowest BCUT2D eigenvalue weighted by atomic mass is 10.1. The Labute approximate surface area is 129 Å². The minimum atomic E-state index is -0.106. The summed E-state index contributed by atoms with van der Waals surface area (Å²) in [5.41, 5.74) is 0.946. The largest absolute Gasteiger partial charge is 0.486 e. The Morgan fingerprint density at radius 2 is 2.09 bits per heavy atom. The average Bonchev–Trinajstić information content (AvgIpc) is 2.55. The van der Waals surface area contributed by atoms with Gasteiger partial charge in [0.1, 0.15) is 18.5 Å². The summed E-state index contributed by atoms with van der Waals surface area (Å²) in [6, 6.07) is 11.3. The van der Waals surface area contributed by atoms with Gasteiger partial charge in [0.15, 0.2) is 11.5 Å². The normalized spacial score (nSPS) is 16.1. The van der Waals surface area contributed by atoms with Gasteiger partial charge in [0.05, 0.1) is 0 Å². The highest BCUT2D eigenvalue weighted by Gasteiger charge is 2.21. The summed E-state index contributed by atoms with van der Waals surface area (Å²) in [5, 5.41) is 2.82. The van der Waals surface area contributed by atoms with Crippen molar-refractivity contribution >= 4 is 11.7 Å². The molecule has 1 N–H and O–H groups in total. The highest BCUT2D eigenvalue weighted by Crippen LogP contribution is 2.31. The van der Waals surface area contributed by atoms with Gasteiger partial charge in [-0.15, -0.1) is 0 Å². The molecule has 22 heavy (non-hydrogen) atoms. The quantitative estimate of drug-likeness (QED) is 0.942. The van der Waals surface area contributed by atoms with E-state index in [0.717, 1.165) is 17.1 Å². The average molecular weight is 298 g/mol. The molecule has 5 nitrogen and oxygen atoms in total. The van der Waals surface area contributed by atoms with Crippen LogP contribution in [0.25, 0.3) is 0 Å². The summed E-state index contributed by atoms with van der Waals surface area (Å²) in [6.45, 7) is 2.38. The van der Waals surface area contributed by atoms with Crippen LogP contribution < -0.4 is 14.8 Å². The zero-order chi connectivity index (χ0) is 15.4. The topological polar surface area (TPSA) is 60.5 Å². The molecule has 3 rings (SSSR count). The number of carbonyl (C=O) groups is 1. The number of rotatable bonds is 4. The molecule has 0 saturated carbocycles. The number of pyridine rings is 1. The molecule has 1 aromatic heterocycles. The zero-order valence-corrected chi connectivity index (χ0v) is 12.4. The van der Waals surface area contributed by atoms with E-state index in [2.05, 4.69) is 10.3 Å². The number of nitrogens with one attached hydrogen (secondary N) is 1. The van der Waals surface area contributed by atoms with Gasteiger partial charge in [-0.2, -0.15) is 0 Å². The fourth-order valence-electron chi connectivity index (χ4n) is 2.31. The second kappa shape index (κ2) is 6.47. The van der Waals surface area contributed by atoms with Crippen LogP contribution in [0.4, 0.5) is 5.82 Å². The number of aryl methyl sites for hydroxylation is 1. The van der Waals surface area contributed by atoms with Crippen molar-refractivity contribution in [1.82, 2.24) is 4.98 Å². The predicted molar refractivity (Wildman–Crippen MR) is 83.2 cm³/mol. The summed E-state index contributed by atoms with van der Waals surface area (Å²) >= 11 is 0. The monoisotopic (exact) mass is 298 g/mol. The molecule has 1 amide bonds. The van der Waals surface area contributed by atoms with Crippen LogP contribution in [0.5, 0.6) is 11.5 Å². The van der Waals surface area contributed by atoms with Crippen LogP contribution in [-0.2, 0) is 4.79 Å². The minimum absolute atomic E-state index is 0.0655. The maximum Gasteiger partial charge on any atom is 0.225 e. The minimum Gasteiger partial charge on any atom is -0.486 e. The van der Waals surface area contributed by atoms with Gasteiger partial charge in [-0.05, 0) is 37.1 Å². The van der Waals surface area contributed by atoms with E-state index in [1.54, 1.807) is 6.20 Å². The number of ether oxygens (including phenoxy) is 2. The van der Waals surface area contributed by atoms with E-state index in [9.17, 15) is 4.79 Å². The van der Waals surface area contributed by atoms with Crippen molar-refractivity contribution in [2.24, 2.45) is 0 Å². The third-order valence-electron chi connectivity index (χ3n) is 3.53. The molecule has 1 aliphatic rings. The second-order valence-corrected chi connectivity index (χ2v) is 5.25. The SMILES string of the molecule is Cc1cccnc1NC(=O)CC[C@H]1COc2ccccc2O1. The highest BCUT2D eigenvalue weighted by atomic mass is 16.6. The van der Waals surface area contributed by atoms with Crippen LogP contribution in [0.1, 0.15) is 18.4 Å². The summed E-state index contributed by atoms with van der Waals surface area (Å²) in [5.74, 6) is 2.04. The van der Waals surface area contributed by atoms with Crippen LogP contribution >= 0.6 is 0 Å². The molecular weight excluding hydrogens is 280 g/mol. The molecule has 1 atom stereocenters. The van der Waals surface area contributed by atoms with Gasteiger partial charge < -0.3 is 14.8 Å². The van der Waals surface area contributed by atoms with Crippen LogP contribution in [0.2, 0.25) is 0 Å². The Morgan fingerprint density at radius 3 is 2.91 bits per heavy atom. The molecule has 5 heteroatoms. The molecule has 0 bridgehead atoms. The second-order valence-electron chi connectivity index (χ2n) is 5.25. The first-order chi connectivity index (χ1) is 10.7. The van der Waals surface area contributed by atoms with Crippen LogP contribution in [0, 0.1) is 6.92 Å². The van der Waals surface area contributed by atoms with E-state index < -0.39 is 0 Å². The molecule has 1 aromatic carbocycles. The van der Waals surface area contributed by atoms with Gasteiger partial charge in [-0.1, -0.05) is 18.2 Å². The van der Waals surface area contributed by atoms with Crippen molar-refractivity contribution in [1.29, 1.82) is 0 Å². The highest BCUT2D eigenvalue weighted by molar-refractivity contribution is 5.90. The molecule has 0 saturated heterocycles. The van der Waals surface area contributed by atoms with E-state index >= 15 is 0 Å². The molecule has 114 valence electrons. The van der Waals surface area contributed by atoms with Gasteiger partial charge in [0.2, 0.25) is 5.91 Å². The Kier molecular flexibility index (Phi) is 4.23. The molecule has 0 aliphatic carbocycles. The first kappa shape index (κ1) is 14.4. The molecule has 2 heterocycles. The van der Waals surface area contributed by atoms with Crippen molar-refractivity contribution in [3.05, 3.63) is 48.2 Å². The number of hydrogen-bond acceptors (Lipinski definition) is 4. The first-order valence-electron chi connectivity index (χ1n) is 7.32. The molecule has 0 unspecified atom stereocenters. The molecule has 0 radical (unpaired) electrons. The van der Waals surface area contributed by atoms with Crippen LogP contribution in [0.3, 0.4) is 0 Å². The fourth-order valence-corrected chi connectivity index (χ4v) is 2.31.